The summed E-state index contributed by atoms with van der Waals surface area (Å²) in [5.41, 5.74) is 8.96. The Morgan fingerprint density at radius 2 is 1.46 bits per heavy atom. The number of carbonyl (C=O) groups is 2. The molecule has 0 radical (unpaired) electrons. The molecule has 0 spiro atoms. The Bertz CT molecular complexity index is 1510. The predicted molar refractivity (Wildman–Crippen MR) is 158 cm³/mol. The topological polar surface area (TPSA) is 147 Å². The van der Waals surface area contributed by atoms with Crippen LogP contribution in [0.4, 0.5) is 11.4 Å². The number of carbonyl (C=O) groups excluding carboxylic acids is 2. The Morgan fingerprint density at radius 1 is 0.854 bits per heavy atom. The van der Waals surface area contributed by atoms with Crippen LogP contribution < -0.4 is 31.2 Å². The van der Waals surface area contributed by atoms with Gasteiger partial charge in [-0.25, -0.2) is 0 Å². The second kappa shape index (κ2) is 13.5. The minimum Gasteiger partial charge on any atom is -0.493 e. The van der Waals surface area contributed by atoms with Crippen molar-refractivity contribution in [3.63, 3.8) is 0 Å². The molecule has 0 aliphatic rings. The van der Waals surface area contributed by atoms with Gasteiger partial charge in [-0.15, -0.1) is 0 Å². The summed E-state index contributed by atoms with van der Waals surface area (Å²) in [6, 6.07) is 27.3. The van der Waals surface area contributed by atoms with Crippen LogP contribution in [0.5, 0.6) is 11.5 Å². The van der Waals surface area contributed by atoms with E-state index in [1.54, 1.807) is 60.7 Å². The molecule has 2 amide bonds. The van der Waals surface area contributed by atoms with E-state index < -0.39 is 6.04 Å². The van der Waals surface area contributed by atoms with Gasteiger partial charge in [-0.1, -0.05) is 53.7 Å². The maximum atomic E-state index is 13.8. The van der Waals surface area contributed by atoms with E-state index in [4.69, 9.17) is 20.4 Å². The fourth-order valence-electron chi connectivity index (χ4n) is 4.16. The Morgan fingerprint density at radius 3 is 2.07 bits per heavy atom. The molecule has 41 heavy (non-hydrogen) atoms. The number of nitrogens with one attached hydrogen (secondary N) is 3. The summed E-state index contributed by atoms with van der Waals surface area (Å²) in [7, 11) is 2.99. The van der Waals surface area contributed by atoms with Crippen molar-refractivity contribution in [3.8, 4) is 11.5 Å². The maximum absolute atomic E-state index is 13.8. The van der Waals surface area contributed by atoms with E-state index in [9.17, 15) is 9.59 Å². The van der Waals surface area contributed by atoms with Gasteiger partial charge in [-0.2, -0.15) is 0 Å². The second-order valence-corrected chi connectivity index (χ2v) is 8.96. The number of amidine groups is 1. The predicted octanol–water partition coefficient (Wildman–Crippen LogP) is 4.52. The van der Waals surface area contributed by atoms with Gasteiger partial charge >= 0.3 is 0 Å². The zero-order chi connectivity index (χ0) is 29.2. The van der Waals surface area contributed by atoms with Gasteiger partial charge in [0.25, 0.3) is 5.91 Å². The lowest BCUT2D eigenvalue weighted by atomic mass is 10.0. The van der Waals surface area contributed by atoms with Crippen LogP contribution in [0, 0.1) is 0 Å². The fourth-order valence-corrected chi connectivity index (χ4v) is 4.16. The van der Waals surface area contributed by atoms with E-state index in [2.05, 4.69) is 21.1 Å². The smallest absolute Gasteiger partial charge is 0.255 e. The van der Waals surface area contributed by atoms with Crippen molar-refractivity contribution in [2.75, 3.05) is 24.9 Å². The van der Waals surface area contributed by atoms with E-state index in [0.717, 1.165) is 5.56 Å². The second-order valence-electron chi connectivity index (χ2n) is 8.96. The van der Waals surface area contributed by atoms with Gasteiger partial charge in [0.1, 0.15) is 6.04 Å². The Balaban J connectivity index is 1.75. The average molecular weight is 554 g/mol. The number of hydrogen-bond donors (Lipinski definition) is 5. The number of amides is 2. The third kappa shape index (κ3) is 7.12. The Labute approximate surface area is 237 Å². The third-order valence-electron chi connectivity index (χ3n) is 6.32. The summed E-state index contributed by atoms with van der Waals surface area (Å²) in [6.07, 6.45) is 0. The molecule has 0 heterocycles. The number of hydrogen-bond acceptors (Lipinski definition) is 7. The SMILES string of the molecule is COc1cc(NC(=O)c2ccccc2)c(C(Nc2ccc(/C(N)=N\O)cc2)C(=O)NCc2ccccc2)cc1OC. The van der Waals surface area contributed by atoms with Crippen LogP contribution in [0.1, 0.15) is 33.1 Å². The van der Waals surface area contributed by atoms with E-state index in [-0.39, 0.29) is 17.6 Å². The number of rotatable bonds is 11. The van der Waals surface area contributed by atoms with E-state index in [1.165, 1.54) is 14.2 Å². The molecule has 10 heteroatoms. The van der Waals surface area contributed by atoms with Gasteiger partial charge in [0, 0.05) is 35.0 Å². The van der Waals surface area contributed by atoms with E-state index in [0.29, 0.717) is 46.1 Å². The van der Waals surface area contributed by atoms with Crippen LogP contribution >= 0.6 is 0 Å². The lowest BCUT2D eigenvalue weighted by Gasteiger charge is -2.24. The van der Waals surface area contributed by atoms with Crippen molar-refractivity contribution in [1.29, 1.82) is 0 Å². The summed E-state index contributed by atoms with van der Waals surface area (Å²) in [4.78, 5) is 26.9. The van der Waals surface area contributed by atoms with Crippen molar-refractivity contribution >= 4 is 29.0 Å². The van der Waals surface area contributed by atoms with Gasteiger partial charge in [0.05, 0.1) is 19.9 Å². The van der Waals surface area contributed by atoms with E-state index >= 15 is 0 Å². The number of ether oxygens (including phenoxy) is 2. The molecule has 210 valence electrons. The van der Waals surface area contributed by atoms with Crippen molar-refractivity contribution in [2.24, 2.45) is 10.9 Å². The monoisotopic (exact) mass is 553 g/mol. The summed E-state index contributed by atoms with van der Waals surface area (Å²) in [6.45, 7) is 0.291. The lowest BCUT2D eigenvalue weighted by Crippen LogP contribution is -2.34. The largest absolute Gasteiger partial charge is 0.493 e. The molecule has 1 unspecified atom stereocenters. The highest BCUT2D eigenvalue weighted by Crippen LogP contribution is 2.38. The van der Waals surface area contributed by atoms with Crippen molar-refractivity contribution in [2.45, 2.75) is 12.6 Å². The van der Waals surface area contributed by atoms with Crippen LogP contribution in [-0.2, 0) is 11.3 Å². The molecular formula is C31H31N5O5. The third-order valence-corrected chi connectivity index (χ3v) is 6.32. The minimum absolute atomic E-state index is 0.0421. The number of nitrogens with zero attached hydrogens (tertiary/aromatic N) is 1. The van der Waals surface area contributed by atoms with Gasteiger partial charge < -0.3 is 36.4 Å². The summed E-state index contributed by atoms with van der Waals surface area (Å²) >= 11 is 0. The highest BCUT2D eigenvalue weighted by Gasteiger charge is 2.27. The Hall–Kier alpha value is -5.51. The maximum Gasteiger partial charge on any atom is 0.255 e. The van der Waals surface area contributed by atoms with Gasteiger partial charge in [-0.05, 0) is 48.0 Å². The van der Waals surface area contributed by atoms with Crippen molar-refractivity contribution < 1.29 is 24.3 Å². The summed E-state index contributed by atoms with van der Waals surface area (Å²) in [5.74, 6) is 0.0123. The quantitative estimate of drug-likeness (QED) is 0.0794. The average Bonchev–Trinajstić information content (AvgIpc) is 3.03. The van der Waals surface area contributed by atoms with Gasteiger partial charge in [0.15, 0.2) is 17.3 Å². The molecule has 0 saturated heterocycles. The molecule has 0 aliphatic carbocycles. The lowest BCUT2D eigenvalue weighted by molar-refractivity contribution is -0.122. The van der Waals surface area contributed by atoms with Crippen LogP contribution in [0.2, 0.25) is 0 Å². The Kier molecular flexibility index (Phi) is 9.40. The number of methoxy groups -OCH3 is 2. The van der Waals surface area contributed by atoms with Gasteiger partial charge in [-0.3, -0.25) is 9.59 Å². The molecule has 6 N–H and O–H groups in total. The molecular weight excluding hydrogens is 522 g/mol. The van der Waals surface area contributed by atoms with Crippen molar-refractivity contribution in [3.05, 3.63) is 119 Å². The molecule has 10 nitrogen and oxygen atoms in total. The number of nitrogens with two attached hydrogens (primary N) is 1. The molecule has 0 fully saturated rings. The highest BCUT2D eigenvalue weighted by molar-refractivity contribution is 6.05. The normalized spacial score (nSPS) is 11.7. The zero-order valence-electron chi connectivity index (χ0n) is 22.6. The minimum atomic E-state index is -0.973. The highest BCUT2D eigenvalue weighted by atomic mass is 16.5. The fraction of sp³-hybridized carbons (Fsp3) is 0.129. The van der Waals surface area contributed by atoms with Crippen LogP contribution in [0.3, 0.4) is 0 Å². The van der Waals surface area contributed by atoms with Crippen LogP contribution in [-0.4, -0.2) is 37.1 Å². The molecule has 0 aromatic heterocycles. The molecule has 0 saturated carbocycles. The molecule has 4 aromatic rings. The molecule has 0 bridgehead atoms. The van der Waals surface area contributed by atoms with E-state index in [1.807, 2.05) is 36.4 Å². The summed E-state index contributed by atoms with van der Waals surface area (Å²) < 4.78 is 11.0. The summed E-state index contributed by atoms with van der Waals surface area (Å²) in [5, 5.41) is 21.2. The van der Waals surface area contributed by atoms with Crippen LogP contribution in [0.25, 0.3) is 0 Å². The number of benzene rings is 4. The molecule has 1 atom stereocenters. The first-order valence-corrected chi connectivity index (χ1v) is 12.7. The first-order valence-electron chi connectivity index (χ1n) is 12.7. The van der Waals surface area contributed by atoms with Crippen molar-refractivity contribution in [1.82, 2.24) is 5.32 Å². The standard InChI is InChI=1S/C31H31N5O5/c1-40-26-17-24(25(18-27(26)41-2)35-30(37)22-11-7-4-8-12-22)28(31(38)33-19-20-9-5-3-6-10-20)34-23-15-13-21(14-16-23)29(32)36-39/h3-18,28,34,39H,19H2,1-2H3,(H2,32,36)(H,33,38)(H,35,37). The molecule has 4 aromatic carbocycles. The molecule has 0 aliphatic heterocycles. The number of oxime groups is 1. The zero-order valence-corrected chi connectivity index (χ0v) is 22.6. The number of anilines is 2. The first kappa shape index (κ1) is 28.5. The molecule has 4 rings (SSSR count). The first-order chi connectivity index (χ1) is 19.9. The van der Waals surface area contributed by atoms with Gasteiger partial charge in [0.2, 0.25) is 5.91 Å². The van der Waals surface area contributed by atoms with Crippen LogP contribution in [0.15, 0.2) is 102 Å².